The molecule has 0 aliphatic heterocycles. The van der Waals surface area contributed by atoms with Gasteiger partial charge in [0.05, 0.1) is 0 Å². The van der Waals surface area contributed by atoms with Crippen molar-refractivity contribution in [2.45, 2.75) is 13.8 Å². The minimum absolute atomic E-state index is 0.0792. The summed E-state index contributed by atoms with van der Waals surface area (Å²) >= 11 is 0. The van der Waals surface area contributed by atoms with E-state index in [2.05, 4.69) is 0 Å². The van der Waals surface area contributed by atoms with Crippen molar-refractivity contribution in [1.82, 2.24) is 0 Å². The highest BCUT2D eigenvalue weighted by molar-refractivity contribution is 6.20. The van der Waals surface area contributed by atoms with Crippen molar-refractivity contribution in [3.8, 4) is 22.3 Å². The van der Waals surface area contributed by atoms with Gasteiger partial charge in [0.25, 0.3) is 0 Å². The number of benzene rings is 5. The van der Waals surface area contributed by atoms with Crippen LogP contribution in [-0.2, 0) is 0 Å². The van der Waals surface area contributed by atoms with E-state index in [1.165, 1.54) is 0 Å². The fraction of sp³-hybridized carbons (Fsp3) is 0.0588. The summed E-state index contributed by atoms with van der Waals surface area (Å²) in [6, 6.07) is 38.6. The number of carbonyl (C=O) groups is 2. The number of ketones is 2. The van der Waals surface area contributed by atoms with Crippen molar-refractivity contribution in [3.63, 3.8) is 0 Å². The van der Waals surface area contributed by atoms with Gasteiger partial charge in [-0.1, -0.05) is 121 Å². The van der Waals surface area contributed by atoms with Crippen molar-refractivity contribution in [2.75, 3.05) is 0 Å². The molecule has 0 saturated heterocycles. The molecule has 0 bridgehead atoms. The molecular weight excluding hydrogens is 440 g/mol. The molecule has 0 unspecified atom stereocenters. The molecule has 0 spiro atoms. The van der Waals surface area contributed by atoms with Crippen molar-refractivity contribution < 1.29 is 9.59 Å². The SMILES string of the molecule is Cc1c(C(=O)c2ccccc2)c(C)c(-c2ccccc2)c(-c2ccccc2)c1C(=O)c1ccccc1. The zero-order valence-corrected chi connectivity index (χ0v) is 20.4. The van der Waals surface area contributed by atoms with E-state index in [1.807, 2.05) is 135 Å². The molecule has 0 N–H and O–H groups in total. The van der Waals surface area contributed by atoms with Gasteiger partial charge in [-0.05, 0) is 41.7 Å². The number of hydrogen-bond donors (Lipinski definition) is 0. The highest BCUT2D eigenvalue weighted by atomic mass is 16.1. The third kappa shape index (κ3) is 4.18. The Bertz CT molecular complexity index is 1540. The van der Waals surface area contributed by atoms with Crippen LogP contribution in [0.4, 0.5) is 0 Å². The van der Waals surface area contributed by atoms with Gasteiger partial charge in [-0.15, -0.1) is 0 Å². The van der Waals surface area contributed by atoms with E-state index >= 15 is 0 Å². The lowest BCUT2D eigenvalue weighted by Crippen LogP contribution is -2.15. The summed E-state index contributed by atoms with van der Waals surface area (Å²) in [6.45, 7) is 3.90. The molecule has 174 valence electrons. The van der Waals surface area contributed by atoms with Gasteiger partial charge in [-0.2, -0.15) is 0 Å². The lowest BCUT2D eigenvalue weighted by atomic mass is 9.78. The number of hydrogen-bond acceptors (Lipinski definition) is 2. The van der Waals surface area contributed by atoms with E-state index in [4.69, 9.17) is 0 Å². The van der Waals surface area contributed by atoms with E-state index in [9.17, 15) is 9.59 Å². The third-order valence-electron chi connectivity index (χ3n) is 6.65. The van der Waals surface area contributed by atoms with E-state index in [0.29, 0.717) is 27.8 Å². The zero-order valence-electron chi connectivity index (χ0n) is 20.4. The Morgan fingerprint density at radius 3 is 1.22 bits per heavy atom. The molecule has 0 aliphatic carbocycles. The van der Waals surface area contributed by atoms with Gasteiger partial charge >= 0.3 is 0 Å². The lowest BCUT2D eigenvalue weighted by molar-refractivity contribution is 0.103. The van der Waals surface area contributed by atoms with Crippen LogP contribution in [0.3, 0.4) is 0 Å². The third-order valence-corrected chi connectivity index (χ3v) is 6.65. The van der Waals surface area contributed by atoms with Crippen molar-refractivity contribution >= 4 is 11.6 Å². The van der Waals surface area contributed by atoms with Crippen LogP contribution >= 0.6 is 0 Å². The maximum atomic E-state index is 14.2. The van der Waals surface area contributed by atoms with Gasteiger partial charge in [0, 0.05) is 27.8 Å². The molecule has 0 fully saturated rings. The van der Waals surface area contributed by atoms with Crippen LogP contribution in [0.5, 0.6) is 0 Å². The molecule has 0 heterocycles. The molecule has 0 aliphatic rings. The zero-order chi connectivity index (χ0) is 25.1. The summed E-state index contributed by atoms with van der Waals surface area (Å²) in [5.41, 5.74) is 7.60. The molecule has 0 atom stereocenters. The Balaban J connectivity index is 1.92. The Kier molecular flexibility index (Phi) is 6.42. The molecule has 0 saturated carbocycles. The summed E-state index contributed by atoms with van der Waals surface area (Å²) in [7, 11) is 0. The van der Waals surface area contributed by atoms with E-state index in [1.54, 1.807) is 0 Å². The van der Waals surface area contributed by atoms with Crippen molar-refractivity contribution in [1.29, 1.82) is 0 Å². The molecule has 36 heavy (non-hydrogen) atoms. The van der Waals surface area contributed by atoms with E-state index in [0.717, 1.165) is 27.8 Å². The normalized spacial score (nSPS) is 10.7. The van der Waals surface area contributed by atoms with Crippen LogP contribution in [-0.4, -0.2) is 11.6 Å². The average molecular weight is 467 g/mol. The Hall–Kier alpha value is -4.56. The highest BCUT2D eigenvalue weighted by Crippen LogP contribution is 2.42. The second kappa shape index (κ2) is 9.97. The van der Waals surface area contributed by atoms with E-state index in [-0.39, 0.29) is 11.6 Å². The van der Waals surface area contributed by atoms with Gasteiger partial charge in [0.1, 0.15) is 0 Å². The van der Waals surface area contributed by atoms with Crippen LogP contribution in [0.1, 0.15) is 43.0 Å². The molecule has 5 rings (SSSR count). The molecule has 2 nitrogen and oxygen atoms in total. The smallest absolute Gasteiger partial charge is 0.193 e. The first-order valence-corrected chi connectivity index (χ1v) is 12.1. The molecule has 0 aromatic heterocycles. The van der Waals surface area contributed by atoms with Crippen LogP contribution < -0.4 is 0 Å². The number of rotatable bonds is 6. The summed E-state index contributed by atoms with van der Waals surface area (Å²) in [5, 5.41) is 0. The van der Waals surface area contributed by atoms with E-state index < -0.39 is 0 Å². The minimum atomic E-state index is -0.0914. The van der Waals surface area contributed by atoms with Crippen LogP contribution in [0.2, 0.25) is 0 Å². The molecular formula is C34H26O2. The molecule has 2 heteroatoms. The van der Waals surface area contributed by atoms with Crippen LogP contribution in [0.25, 0.3) is 22.3 Å². The first-order chi connectivity index (χ1) is 17.6. The summed E-state index contributed by atoms with van der Waals surface area (Å²) in [5.74, 6) is -0.171. The second-order valence-electron chi connectivity index (χ2n) is 8.87. The van der Waals surface area contributed by atoms with Gasteiger partial charge in [0.2, 0.25) is 0 Å². The topological polar surface area (TPSA) is 34.1 Å². The Morgan fingerprint density at radius 2 is 0.778 bits per heavy atom. The molecule has 5 aromatic rings. The minimum Gasteiger partial charge on any atom is -0.289 e. The van der Waals surface area contributed by atoms with Gasteiger partial charge in [-0.25, -0.2) is 0 Å². The van der Waals surface area contributed by atoms with Gasteiger partial charge in [0.15, 0.2) is 11.6 Å². The summed E-state index contributed by atoms with van der Waals surface area (Å²) in [6.07, 6.45) is 0. The standard InChI is InChI=1S/C34H26O2/c1-23-29(33(35)27-19-11-5-12-20-27)24(2)31(34(36)28-21-13-6-14-22-28)32(26-17-9-4-10-18-26)30(23)25-15-7-3-8-16-25/h3-22H,1-2H3. The lowest BCUT2D eigenvalue weighted by Gasteiger charge is -2.24. The Morgan fingerprint density at radius 1 is 0.417 bits per heavy atom. The number of carbonyl (C=O) groups excluding carboxylic acids is 2. The first kappa shape index (κ1) is 23.2. The monoisotopic (exact) mass is 466 g/mol. The van der Waals surface area contributed by atoms with Crippen LogP contribution in [0.15, 0.2) is 121 Å². The van der Waals surface area contributed by atoms with Gasteiger partial charge in [-0.3, -0.25) is 9.59 Å². The molecule has 0 radical (unpaired) electrons. The summed E-state index contributed by atoms with van der Waals surface area (Å²) in [4.78, 5) is 28.1. The fourth-order valence-electron chi connectivity index (χ4n) is 4.98. The maximum Gasteiger partial charge on any atom is 0.193 e. The Labute approximate surface area is 211 Å². The predicted octanol–water partition coefficient (Wildman–Crippen LogP) is 8.10. The van der Waals surface area contributed by atoms with Crippen molar-refractivity contribution in [2.24, 2.45) is 0 Å². The largest absolute Gasteiger partial charge is 0.289 e. The highest BCUT2D eigenvalue weighted by Gasteiger charge is 2.29. The van der Waals surface area contributed by atoms with Crippen LogP contribution in [0, 0.1) is 13.8 Å². The van der Waals surface area contributed by atoms with Gasteiger partial charge < -0.3 is 0 Å². The maximum absolute atomic E-state index is 14.2. The predicted molar refractivity (Wildman–Crippen MR) is 147 cm³/mol. The van der Waals surface area contributed by atoms with Crippen molar-refractivity contribution in [3.05, 3.63) is 155 Å². The fourth-order valence-corrected chi connectivity index (χ4v) is 4.98. The molecule has 5 aromatic carbocycles. The average Bonchev–Trinajstić information content (AvgIpc) is 2.94. The molecule has 0 amide bonds. The summed E-state index contributed by atoms with van der Waals surface area (Å²) < 4.78 is 0. The second-order valence-corrected chi connectivity index (χ2v) is 8.87. The quantitative estimate of drug-likeness (QED) is 0.237. The first-order valence-electron chi connectivity index (χ1n) is 12.1.